The van der Waals surface area contributed by atoms with E-state index in [9.17, 15) is 13.6 Å². The molecule has 2 unspecified atom stereocenters. The van der Waals surface area contributed by atoms with Crippen LogP contribution in [0.3, 0.4) is 0 Å². The summed E-state index contributed by atoms with van der Waals surface area (Å²) in [5.41, 5.74) is -3.64. The molecule has 0 aromatic rings. The largest absolute Gasteiger partial charge is 0.464 e. The number of aliphatic hydroxyl groups is 1. The number of halogens is 2. The summed E-state index contributed by atoms with van der Waals surface area (Å²) < 4.78 is 31.3. The van der Waals surface area contributed by atoms with Crippen molar-refractivity contribution in [2.45, 2.75) is 71.6 Å². The summed E-state index contributed by atoms with van der Waals surface area (Å²) in [6.07, 6.45) is 2.86. The minimum absolute atomic E-state index is 0.220. The van der Waals surface area contributed by atoms with Gasteiger partial charge >= 0.3 is 18.3 Å². The maximum Gasteiger partial charge on any atom is 0.373 e. The lowest BCUT2D eigenvalue weighted by atomic mass is 10.0. The highest BCUT2D eigenvalue weighted by Gasteiger charge is 2.71. The number of hydrogen-bond acceptors (Lipinski definition) is 7. The zero-order valence-electron chi connectivity index (χ0n) is 16.4. The number of alkyl halides is 2. The maximum atomic E-state index is 13.7. The van der Waals surface area contributed by atoms with Gasteiger partial charge in [-0.2, -0.15) is 19.2 Å². The minimum atomic E-state index is -1.70. The number of rotatable bonds is 5. The molecule has 0 heterocycles. The molecule has 2 saturated carbocycles. The van der Waals surface area contributed by atoms with Crippen LogP contribution >= 0.6 is 0 Å². The van der Waals surface area contributed by atoms with Gasteiger partial charge in [-0.3, -0.25) is 0 Å². The van der Waals surface area contributed by atoms with Crippen LogP contribution in [-0.2, 0) is 28.7 Å². The number of hydrogen-bond donors (Lipinski definition) is 1. The fourth-order valence-electron chi connectivity index (χ4n) is 2.73. The third-order valence-electron chi connectivity index (χ3n) is 5.50. The first-order valence-corrected chi connectivity index (χ1v) is 8.55. The van der Waals surface area contributed by atoms with Crippen molar-refractivity contribution in [3.05, 3.63) is 0 Å². The summed E-state index contributed by atoms with van der Waals surface area (Å²) in [4.78, 5) is 43.6. The van der Waals surface area contributed by atoms with E-state index in [0.717, 1.165) is 6.42 Å². The molecule has 0 aliphatic heterocycles. The average molecular weight is 394 g/mol. The van der Waals surface area contributed by atoms with Crippen LogP contribution in [-0.4, -0.2) is 47.9 Å². The third-order valence-corrected chi connectivity index (χ3v) is 5.50. The Morgan fingerprint density at radius 1 is 0.963 bits per heavy atom. The lowest BCUT2D eigenvalue weighted by Crippen LogP contribution is -2.26. The average Bonchev–Trinajstić information content (AvgIpc) is 3.41. The van der Waals surface area contributed by atoms with Crippen molar-refractivity contribution in [2.24, 2.45) is 10.8 Å². The first-order chi connectivity index (χ1) is 12.4. The number of carbonyl (C=O) groups is 1. The molecule has 0 spiro atoms. The van der Waals surface area contributed by atoms with Crippen molar-refractivity contribution >= 4 is 18.3 Å². The Balaban J connectivity index is 0. The van der Waals surface area contributed by atoms with Crippen LogP contribution in [0.2, 0.25) is 0 Å². The van der Waals surface area contributed by atoms with Crippen LogP contribution in [0.4, 0.5) is 8.78 Å². The molecule has 0 saturated heterocycles. The zero-order valence-corrected chi connectivity index (χ0v) is 16.4. The van der Waals surface area contributed by atoms with Gasteiger partial charge in [0.25, 0.3) is 0 Å². The van der Waals surface area contributed by atoms with Crippen molar-refractivity contribution in [3.8, 4) is 0 Å². The van der Waals surface area contributed by atoms with Gasteiger partial charge in [-0.05, 0) is 26.2 Å². The van der Waals surface area contributed by atoms with Gasteiger partial charge in [-0.15, -0.1) is 0 Å². The second-order valence-electron chi connectivity index (χ2n) is 6.99. The molecule has 2 rings (SSSR count). The lowest BCUT2D eigenvalue weighted by Gasteiger charge is -2.11. The SMILES string of the molecule is CCOC(=O)C1(F)CC1(C)CC.CC[C@]1(C)C[C@]1(F)CO.O=C=O.O=C=O. The van der Waals surface area contributed by atoms with E-state index in [2.05, 4.69) is 4.74 Å². The zero-order chi connectivity index (χ0) is 21.9. The predicted octanol–water partition coefficient (Wildman–Crippen LogP) is 2.42. The van der Waals surface area contributed by atoms with E-state index in [1.54, 1.807) is 13.8 Å². The molecule has 4 atom stereocenters. The van der Waals surface area contributed by atoms with Gasteiger partial charge < -0.3 is 9.84 Å². The highest BCUT2D eigenvalue weighted by Crippen LogP contribution is 2.62. The van der Waals surface area contributed by atoms with Gasteiger partial charge in [0, 0.05) is 17.3 Å². The summed E-state index contributed by atoms with van der Waals surface area (Å²) in [5, 5.41) is 8.56. The molecule has 7 nitrogen and oxygen atoms in total. The van der Waals surface area contributed by atoms with Crippen LogP contribution in [0, 0.1) is 10.8 Å². The molecule has 1 N–H and O–H groups in total. The molecular formula is C18H28F2O7. The van der Waals surface area contributed by atoms with Gasteiger partial charge in [-0.25, -0.2) is 13.6 Å². The van der Waals surface area contributed by atoms with Gasteiger partial charge in [0.2, 0.25) is 5.67 Å². The van der Waals surface area contributed by atoms with Crippen molar-refractivity contribution in [3.63, 3.8) is 0 Å². The number of aliphatic hydroxyl groups excluding tert-OH is 1. The lowest BCUT2D eigenvalue weighted by molar-refractivity contribution is -0.193. The van der Waals surface area contributed by atoms with Crippen LogP contribution in [0.25, 0.3) is 0 Å². The number of carbonyl (C=O) groups excluding carboxylic acids is 5. The summed E-state index contributed by atoms with van der Waals surface area (Å²) >= 11 is 0. The first-order valence-electron chi connectivity index (χ1n) is 8.55. The smallest absolute Gasteiger partial charge is 0.373 e. The molecular weight excluding hydrogens is 366 g/mol. The van der Waals surface area contributed by atoms with E-state index in [-0.39, 0.29) is 30.9 Å². The van der Waals surface area contributed by atoms with Gasteiger partial charge in [0.15, 0.2) is 0 Å². The topological polar surface area (TPSA) is 115 Å². The van der Waals surface area contributed by atoms with Gasteiger partial charge in [0.05, 0.1) is 13.2 Å². The molecule has 0 amide bonds. The van der Waals surface area contributed by atoms with Crippen molar-refractivity contribution in [1.82, 2.24) is 0 Å². The van der Waals surface area contributed by atoms with E-state index in [0.29, 0.717) is 19.3 Å². The fourth-order valence-corrected chi connectivity index (χ4v) is 2.73. The summed E-state index contributed by atoms with van der Waals surface area (Å²) in [5.74, 6) is -0.686. The molecule has 2 fully saturated rings. The van der Waals surface area contributed by atoms with E-state index < -0.39 is 22.7 Å². The van der Waals surface area contributed by atoms with Gasteiger partial charge in [0.1, 0.15) is 5.67 Å². The number of esters is 1. The summed E-state index contributed by atoms with van der Waals surface area (Å²) in [7, 11) is 0. The van der Waals surface area contributed by atoms with E-state index in [1.165, 1.54) is 0 Å². The fraction of sp³-hybridized carbons (Fsp3) is 0.833. The maximum absolute atomic E-state index is 13.7. The molecule has 2 aliphatic rings. The Morgan fingerprint density at radius 2 is 1.37 bits per heavy atom. The van der Waals surface area contributed by atoms with Crippen molar-refractivity contribution in [2.75, 3.05) is 13.2 Å². The van der Waals surface area contributed by atoms with Crippen LogP contribution in [0.5, 0.6) is 0 Å². The Bertz CT molecular complexity index is 532. The van der Waals surface area contributed by atoms with Gasteiger partial charge in [-0.1, -0.05) is 27.7 Å². The highest BCUT2D eigenvalue weighted by molar-refractivity contribution is 5.84. The standard InChI is InChI=1S/C9H15FO2.C7H13FO.2CO2/c1-4-8(3)6-9(8,10)7(11)12-5-2;1-3-6(2)4-7(6,8)5-9;2*2-1-3/h4-6H2,1-3H3;9H,3-5H2,1-2H3;;/t;6-,7+;;/m.1../s1. The van der Waals surface area contributed by atoms with Crippen molar-refractivity contribution in [1.29, 1.82) is 0 Å². The van der Waals surface area contributed by atoms with E-state index >= 15 is 0 Å². The van der Waals surface area contributed by atoms with Crippen molar-refractivity contribution < 1.29 is 42.6 Å². The molecule has 0 aromatic heterocycles. The van der Waals surface area contributed by atoms with E-state index in [4.69, 9.17) is 24.3 Å². The third kappa shape index (κ3) is 6.61. The molecule has 0 radical (unpaired) electrons. The van der Waals surface area contributed by atoms with Crippen LogP contribution in [0.1, 0.15) is 60.3 Å². The Hall–Kier alpha value is -1.95. The van der Waals surface area contributed by atoms with E-state index in [1.807, 2.05) is 20.8 Å². The molecule has 0 aromatic carbocycles. The highest BCUT2D eigenvalue weighted by atomic mass is 19.1. The Morgan fingerprint density at radius 3 is 1.56 bits per heavy atom. The minimum Gasteiger partial charge on any atom is -0.464 e. The molecule has 9 heteroatoms. The normalized spacial score (nSPS) is 34.5. The van der Waals surface area contributed by atoms with Crippen LogP contribution < -0.4 is 0 Å². The van der Waals surface area contributed by atoms with Crippen LogP contribution in [0.15, 0.2) is 0 Å². The molecule has 156 valence electrons. The monoisotopic (exact) mass is 394 g/mol. The molecule has 2 aliphatic carbocycles. The number of ether oxygens (including phenoxy) is 1. The molecule has 27 heavy (non-hydrogen) atoms. The first kappa shape index (κ1) is 27.3. The predicted molar refractivity (Wildman–Crippen MR) is 87.4 cm³/mol. The summed E-state index contributed by atoms with van der Waals surface area (Å²) in [6, 6.07) is 0. The summed E-state index contributed by atoms with van der Waals surface area (Å²) in [6.45, 7) is 9.14. The Labute approximate surface area is 157 Å². The quantitative estimate of drug-likeness (QED) is 0.712. The molecule has 0 bridgehead atoms. The second-order valence-corrected chi connectivity index (χ2v) is 6.99. The second kappa shape index (κ2) is 11.0. The Kier molecular flexibility index (Phi) is 11.1.